The lowest BCUT2D eigenvalue weighted by Gasteiger charge is -2.28. The van der Waals surface area contributed by atoms with Gasteiger partial charge in [0, 0.05) is 24.1 Å². The number of aromatic nitrogens is 1. The molecule has 0 spiro atoms. The van der Waals surface area contributed by atoms with Crippen molar-refractivity contribution in [3.05, 3.63) is 84.1 Å². The van der Waals surface area contributed by atoms with Crippen molar-refractivity contribution < 1.29 is 22.7 Å². The Bertz CT molecular complexity index is 1100. The molecule has 2 heterocycles. The summed E-state index contributed by atoms with van der Waals surface area (Å²) in [5.74, 6) is 0.323. The average molecular weight is 484 g/mol. The highest BCUT2D eigenvalue weighted by atomic mass is 19.4. The summed E-state index contributed by atoms with van der Waals surface area (Å²) in [5.41, 5.74) is -0.215. The summed E-state index contributed by atoms with van der Waals surface area (Å²) in [6, 6.07) is 17.4. The van der Waals surface area contributed by atoms with Crippen LogP contribution in [0.4, 0.5) is 13.2 Å². The first-order valence-electron chi connectivity index (χ1n) is 11.7. The van der Waals surface area contributed by atoms with Crippen molar-refractivity contribution in [2.75, 3.05) is 19.7 Å². The Kier molecular flexibility index (Phi) is 8.02. The molecule has 2 aromatic carbocycles. The highest BCUT2D eigenvalue weighted by Crippen LogP contribution is 2.40. The van der Waals surface area contributed by atoms with Gasteiger partial charge in [-0.05, 0) is 61.8 Å². The number of carbonyl (C=O) groups is 1. The van der Waals surface area contributed by atoms with E-state index in [1.54, 1.807) is 24.3 Å². The van der Waals surface area contributed by atoms with Crippen molar-refractivity contribution in [3.8, 4) is 17.0 Å². The number of halogens is 3. The molecule has 3 aromatic rings. The van der Waals surface area contributed by atoms with Gasteiger partial charge in [-0.1, -0.05) is 36.4 Å². The first kappa shape index (κ1) is 24.7. The molecule has 184 valence electrons. The number of carbonyl (C=O) groups excluding carboxylic acids is 1. The number of alkyl halides is 3. The van der Waals surface area contributed by atoms with Crippen molar-refractivity contribution in [1.29, 1.82) is 0 Å². The van der Waals surface area contributed by atoms with Gasteiger partial charge in [0.15, 0.2) is 0 Å². The van der Waals surface area contributed by atoms with Crippen LogP contribution in [-0.2, 0) is 11.0 Å². The van der Waals surface area contributed by atoms with Crippen LogP contribution in [-0.4, -0.2) is 30.6 Å². The van der Waals surface area contributed by atoms with Crippen molar-refractivity contribution in [2.24, 2.45) is 5.92 Å². The Hall–Kier alpha value is -3.39. The van der Waals surface area contributed by atoms with Crippen LogP contribution in [0.1, 0.15) is 36.4 Å². The number of nitrogens with zero attached hydrogens (tertiary/aromatic N) is 1. The molecule has 4 rings (SSSR count). The van der Waals surface area contributed by atoms with Gasteiger partial charge in [0.2, 0.25) is 5.91 Å². The molecule has 1 saturated heterocycles. The molecule has 1 fully saturated rings. The van der Waals surface area contributed by atoms with Gasteiger partial charge in [0.25, 0.3) is 0 Å². The van der Waals surface area contributed by atoms with Gasteiger partial charge < -0.3 is 15.4 Å². The van der Waals surface area contributed by atoms with E-state index in [1.807, 2.05) is 30.3 Å². The van der Waals surface area contributed by atoms with E-state index in [2.05, 4.69) is 15.6 Å². The van der Waals surface area contributed by atoms with Crippen LogP contribution >= 0.6 is 0 Å². The molecule has 1 aliphatic rings. The van der Waals surface area contributed by atoms with Crippen LogP contribution in [0.25, 0.3) is 11.3 Å². The van der Waals surface area contributed by atoms with E-state index in [-0.39, 0.29) is 29.7 Å². The maximum absolute atomic E-state index is 14.1. The lowest BCUT2D eigenvalue weighted by Crippen LogP contribution is -2.40. The number of nitrogens with one attached hydrogen (secondary N) is 2. The van der Waals surface area contributed by atoms with Crippen molar-refractivity contribution in [1.82, 2.24) is 15.6 Å². The number of rotatable bonds is 8. The van der Waals surface area contributed by atoms with Gasteiger partial charge in [0.1, 0.15) is 5.75 Å². The Morgan fingerprint density at radius 1 is 1.03 bits per heavy atom. The van der Waals surface area contributed by atoms with Crippen molar-refractivity contribution in [2.45, 2.75) is 31.5 Å². The third-order valence-electron chi connectivity index (χ3n) is 6.14. The maximum Gasteiger partial charge on any atom is 0.417 e. The Labute approximate surface area is 202 Å². The second kappa shape index (κ2) is 11.4. The summed E-state index contributed by atoms with van der Waals surface area (Å²) in [4.78, 5) is 17.3. The fraction of sp³-hybridized carbons (Fsp3) is 0.333. The van der Waals surface area contributed by atoms with Crippen LogP contribution in [0.5, 0.6) is 5.75 Å². The van der Waals surface area contributed by atoms with Gasteiger partial charge in [0.05, 0.1) is 23.9 Å². The van der Waals surface area contributed by atoms with E-state index in [0.717, 1.165) is 19.2 Å². The number of benzene rings is 2. The molecule has 2 N–H and O–H groups in total. The summed E-state index contributed by atoms with van der Waals surface area (Å²) >= 11 is 0. The molecule has 5 nitrogen and oxygen atoms in total. The third kappa shape index (κ3) is 6.39. The molecule has 1 atom stereocenters. The van der Waals surface area contributed by atoms with Crippen LogP contribution in [0, 0.1) is 5.92 Å². The lowest BCUT2D eigenvalue weighted by molar-refractivity contribution is -0.137. The van der Waals surface area contributed by atoms with Crippen LogP contribution < -0.4 is 15.4 Å². The van der Waals surface area contributed by atoms with Gasteiger partial charge >= 0.3 is 6.18 Å². The van der Waals surface area contributed by atoms with Gasteiger partial charge in [-0.3, -0.25) is 9.78 Å². The first-order valence-corrected chi connectivity index (χ1v) is 11.7. The number of hydrogen-bond donors (Lipinski definition) is 2. The van der Waals surface area contributed by atoms with Crippen LogP contribution in [0.2, 0.25) is 0 Å². The molecule has 8 heteroatoms. The fourth-order valence-corrected chi connectivity index (χ4v) is 4.38. The van der Waals surface area contributed by atoms with E-state index < -0.39 is 17.8 Å². The minimum absolute atomic E-state index is 0.0177. The number of ether oxygens (including phenoxy) is 1. The zero-order valence-corrected chi connectivity index (χ0v) is 19.2. The highest BCUT2D eigenvalue weighted by Gasteiger charge is 2.36. The molecule has 0 saturated carbocycles. The second-order valence-corrected chi connectivity index (χ2v) is 8.52. The van der Waals surface area contributed by atoms with E-state index in [4.69, 9.17) is 4.74 Å². The highest BCUT2D eigenvalue weighted by molar-refractivity contribution is 5.80. The zero-order chi connectivity index (χ0) is 24.7. The molecular weight excluding hydrogens is 455 g/mol. The lowest BCUT2D eigenvalue weighted by atomic mass is 9.90. The van der Waals surface area contributed by atoms with Crippen molar-refractivity contribution >= 4 is 5.91 Å². The monoisotopic (exact) mass is 483 g/mol. The SMILES string of the molecule is O=C(N[C@@H](CCOc1ccccc1)c1cccc(C(F)(F)F)c1-c1ccccn1)C1CCNCC1. The Balaban J connectivity index is 1.69. The molecule has 0 unspecified atom stereocenters. The van der Waals surface area contributed by atoms with E-state index in [9.17, 15) is 18.0 Å². The molecule has 35 heavy (non-hydrogen) atoms. The molecule has 0 bridgehead atoms. The van der Waals surface area contributed by atoms with Gasteiger partial charge in [-0.2, -0.15) is 13.2 Å². The third-order valence-corrected chi connectivity index (χ3v) is 6.14. The maximum atomic E-state index is 14.1. The number of amides is 1. The van der Waals surface area contributed by atoms with Gasteiger partial charge in [-0.25, -0.2) is 0 Å². The summed E-state index contributed by atoms with van der Waals surface area (Å²) in [6.45, 7) is 1.70. The average Bonchev–Trinajstić information content (AvgIpc) is 2.89. The largest absolute Gasteiger partial charge is 0.494 e. The summed E-state index contributed by atoms with van der Waals surface area (Å²) in [7, 11) is 0. The van der Waals surface area contributed by atoms with Crippen LogP contribution in [0.15, 0.2) is 72.9 Å². The van der Waals surface area contributed by atoms with Crippen molar-refractivity contribution in [3.63, 3.8) is 0 Å². The molecule has 1 aliphatic heterocycles. The minimum Gasteiger partial charge on any atom is -0.494 e. The second-order valence-electron chi connectivity index (χ2n) is 8.52. The summed E-state index contributed by atoms with van der Waals surface area (Å²) in [6.07, 6.45) is -1.43. The van der Waals surface area contributed by atoms with E-state index >= 15 is 0 Å². The molecular formula is C27H28F3N3O2. The minimum atomic E-state index is -4.58. The number of hydrogen-bond acceptors (Lipinski definition) is 4. The number of pyridine rings is 1. The zero-order valence-electron chi connectivity index (χ0n) is 19.2. The van der Waals surface area contributed by atoms with E-state index in [1.165, 1.54) is 12.3 Å². The van der Waals surface area contributed by atoms with Gasteiger partial charge in [-0.15, -0.1) is 0 Å². The molecule has 1 amide bonds. The summed E-state index contributed by atoms with van der Waals surface area (Å²) < 4.78 is 48.0. The molecule has 0 aliphatic carbocycles. The van der Waals surface area contributed by atoms with E-state index in [0.29, 0.717) is 30.6 Å². The molecule has 0 radical (unpaired) electrons. The quantitative estimate of drug-likeness (QED) is 0.451. The predicted molar refractivity (Wildman–Crippen MR) is 128 cm³/mol. The summed E-state index contributed by atoms with van der Waals surface area (Å²) in [5, 5.41) is 6.26. The Morgan fingerprint density at radius 2 is 1.77 bits per heavy atom. The first-order chi connectivity index (χ1) is 16.9. The standard InChI is InChI=1S/C27H28F3N3O2/c28-27(29,30)22-10-6-9-21(25(22)24-11-4-5-15-32-24)23(14-18-35-20-7-2-1-3-8-20)33-26(34)19-12-16-31-17-13-19/h1-11,15,19,23,31H,12-14,16-18H2,(H,33,34)/t23-/m0/s1. The Morgan fingerprint density at radius 3 is 2.46 bits per heavy atom. The fourth-order valence-electron chi connectivity index (χ4n) is 4.38. The smallest absolute Gasteiger partial charge is 0.417 e. The topological polar surface area (TPSA) is 63.2 Å². The predicted octanol–water partition coefficient (Wildman–Crippen LogP) is 5.39. The number of para-hydroxylation sites is 1. The molecule has 1 aromatic heterocycles. The number of piperidine rings is 1. The van der Waals surface area contributed by atoms with Crippen LogP contribution in [0.3, 0.4) is 0 Å². The normalized spacial score (nSPS) is 15.4.